The first kappa shape index (κ1) is 11.9. The van der Waals surface area contributed by atoms with Gasteiger partial charge in [0.2, 0.25) is 0 Å². The molecule has 1 saturated heterocycles. The highest BCUT2D eigenvalue weighted by Gasteiger charge is 2.26. The van der Waals surface area contributed by atoms with Gasteiger partial charge in [-0.1, -0.05) is 19.9 Å². The van der Waals surface area contributed by atoms with Crippen molar-refractivity contribution in [2.45, 2.75) is 20.3 Å². The summed E-state index contributed by atoms with van der Waals surface area (Å²) in [5, 5.41) is 0. The van der Waals surface area contributed by atoms with Gasteiger partial charge in [-0.05, 0) is 30.4 Å². The summed E-state index contributed by atoms with van der Waals surface area (Å²) in [7, 11) is 0. The number of hydrogen-bond donors (Lipinski definition) is 1. The highest BCUT2D eigenvalue weighted by Crippen LogP contribution is 2.23. The summed E-state index contributed by atoms with van der Waals surface area (Å²) in [6, 6.07) is 5.19. The van der Waals surface area contributed by atoms with Crippen LogP contribution < -0.4 is 5.73 Å². The Morgan fingerprint density at radius 2 is 2.18 bits per heavy atom. The smallest absolute Gasteiger partial charge is 0.272 e. The van der Waals surface area contributed by atoms with Gasteiger partial charge in [0, 0.05) is 13.1 Å². The summed E-state index contributed by atoms with van der Waals surface area (Å²) in [6.07, 6.45) is 1.06. The normalized spacial score (nSPS) is 24.7. The lowest BCUT2D eigenvalue weighted by molar-refractivity contribution is 0.0622. The van der Waals surface area contributed by atoms with Crippen molar-refractivity contribution < 1.29 is 4.79 Å². The number of nitrogens with two attached hydrogens (primary N) is 1. The van der Waals surface area contributed by atoms with Crippen LogP contribution >= 0.6 is 0 Å². The minimum absolute atomic E-state index is 0.00366. The second-order valence-electron chi connectivity index (χ2n) is 4.94. The molecule has 0 spiro atoms. The third-order valence-electron chi connectivity index (χ3n) is 3.61. The number of rotatable bonds is 1. The molecule has 4 heteroatoms. The number of aromatic nitrogens is 1. The summed E-state index contributed by atoms with van der Waals surface area (Å²) in [5.74, 6) is 1.63. The molecular formula is C13H19N3O. The van der Waals surface area contributed by atoms with Crippen molar-refractivity contribution in [1.29, 1.82) is 0 Å². The molecule has 1 aliphatic rings. The Kier molecular flexibility index (Phi) is 3.31. The van der Waals surface area contributed by atoms with Gasteiger partial charge >= 0.3 is 0 Å². The minimum Gasteiger partial charge on any atom is -0.384 e. The lowest BCUT2D eigenvalue weighted by atomic mass is 9.88. The number of nitrogens with zero attached hydrogens (tertiary/aromatic N) is 2. The molecule has 0 radical (unpaired) electrons. The monoisotopic (exact) mass is 233 g/mol. The van der Waals surface area contributed by atoms with E-state index in [1.54, 1.807) is 18.2 Å². The van der Waals surface area contributed by atoms with E-state index in [0.29, 0.717) is 23.3 Å². The number of carbonyl (C=O) groups excluding carboxylic acids is 1. The van der Waals surface area contributed by atoms with Gasteiger partial charge in [-0.3, -0.25) is 4.79 Å². The van der Waals surface area contributed by atoms with Crippen molar-refractivity contribution in [3.8, 4) is 0 Å². The summed E-state index contributed by atoms with van der Waals surface area (Å²) >= 11 is 0. The summed E-state index contributed by atoms with van der Waals surface area (Å²) in [4.78, 5) is 18.2. The van der Waals surface area contributed by atoms with Crippen LogP contribution in [-0.2, 0) is 0 Å². The van der Waals surface area contributed by atoms with Gasteiger partial charge in [0.15, 0.2) is 0 Å². The summed E-state index contributed by atoms with van der Waals surface area (Å²) in [6.45, 7) is 6.07. The molecule has 1 aliphatic heterocycles. The highest BCUT2D eigenvalue weighted by molar-refractivity contribution is 5.92. The van der Waals surface area contributed by atoms with Crippen molar-refractivity contribution in [3.05, 3.63) is 23.9 Å². The maximum absolute atomic E-state index is 12.2. The Hall–Kier alpha value is -1.58. The van der Waals surface area contributed by atoms with E-state index in [4.69, 9.17) is 5.73 Å². The van der Waals surface area contributed by atoms with E-state index in [9.17, 15) is 4.79 Å². The van der Waals surface area contributed by atoms with E-state index in [0.717, 1.165) is 19.5 Å². The van der Waals surface area contributed by atoms with E-state index in [1.165, 1.54) is 0 Å². The zero-order valence-electron chi connectivity index (χ0n) is 10.4. The average Bonchev–Trinajstić information content (AvgIpc) is 2.32. The molecule has 92 valence electrons. The first-order chi connectivity index (χ1) is 8.08. The Balaban J connectivity index is 2.10. The fourth-order valence-electron chi connectivity index (χ4n) is 2.18. The van der Waals surface area contributed by atoms with Crippen molar-refractivity contribution in [2.24, 2.45) is 11.8 Å². The molecule has 0 aromatic carbocycles. The van der Waals surface area contributed by atoms with Gasteiger partial charge in [0.25, 0.3) is 5.91 Å². The molecule has 2 rings (SSSR count). The molecule has 2 atom stereocenters. The number of amides is 1. The van der Waals surface area contributed by atoms with Crippen molar-refractivity contribution in [3.63, 3.8) is 0 Å². The van der Waals surface area contributed by atoms with Crippen LogP contribution in [-0.4, -0.2) is 28.9 Å². The second-order valence-corrected chi connectivity index (χ2v) is 4.94. The van der Waals surface area contributed by atoms with Crippen LogP contribution in [0.25, 0.3) is 0 Å². The number of anilines is 1. The molecule has 1 aromatic rings. The van der Waals surface area contributed by atoms with Crippen LogP contribution in [0.4, 0.5) is 5.82 Å². The van der Waals surface area contributed by atoms with Crippen LogP contribution in [0.1, 0.15) is 30.8 Å². The third-order valence-corrected chi connectivity index (χ3v) is 3.61. The zero-order valence-corrected chi connectivity index (χ0v) is 10.4. The topological polar surface area (TPSA) is 59.2 Å². The Bertz CT molecular complexity index is 419. The number of pyridine rings is 1. The maximum atomic E-state index is 12.2. The SMILES string of the molecule is CC1CCN(C(=O)c2cccc(N)n2)CC1C. The van der Waals surface area contributed by atoms with E-state index in [-0.39, 0.29) is 5.91 Å². The number of carbonyl (C=O) groups is 1. The fourth-order valence-corrected chi connectivity index (χ4v) is 2.18. The number of piperidine rings is 1. The molecule has 0 aliphatic carbocycles. The van der Waals surface area contributed by atoms with E-state index in [1.807, 2.05) is 4.90 Å². The lowest BCUT2D eigenvalue weighted by Gasteiger charge is -2.35. The van der Waals surface area contributed by atoms with E-state index < -0.39 is 0 Å². The number of likely N-dealkylation sites (tertiary alicyclic amines) is 1. The molecule has 1 aromatic heterocycles. The van der Waals surface area contributed by atoms with Crippen LogP contribution in [0.2, 0.25) is 0 Å². The van der Waals surface area contributed by atoms with Gasteiger partial charge in [-0.25, -0.2) is 4.98 Å². The van der Waals surface area contributed by atoms with Crippen LogP contribution in [0.3, 0.4) is 0 Å². The first-order valence-corrected chi connectivity index (χ1v) is 6.09. The van der Waals surface area contributed by atoms with Gasteiger partial charge in [0.05, 0.1) is 0 Å². The van der Waals surface area contributed by atoms with Crippen molar-refractivity contribution >= 4 is 11.7 Å². The molecular weight excluding hydrogens is 214 g/mol. The Morgan fingerprint density at radius 3 is 2.82 bits per heavy atom. The predicted molar refractivity (Wildman–Crippen MR) is 67.5 cm³/mol. The third kappa shape index (κ3) is 2.57. The average molecular weight is 233 g/mol. The molecule has 1 amide bonds. The van der Waals surface area contributed by atoms with Crippen LogP contribution in [0.5, 0.6) is 0 Å². The van der Waals surface area contributed by atoms with E-state index in [2.05, 4.69) is 18.8 Å². The molecule has 2 unspecified atom stereocenters. The molecule has 2 heterocycles. The molecule has 0 bridgehead atoms. The van der Waals surface area contributed by atoms with Crippen molar-refractivity contribution in [1.82, 2.24) is 9.88 Å². The minimum atomic E-state index is -0.00366. The lowest BCUT2D eigenvalue weighted by Crippen LogP contribution is -2.42. The first-order valence-electron chi connectivity index (χ1n) is 6.09. The number of nitrogen functional groups attached to an aromatic ring is 1. The number of hydrogen-bond acceptors (Lipinski definition) is 3. The van der Waals surface area contributed by atoms with Gasteiger partial charge in [-0.15, -0.1) is 0 Å². The van der Waals surface area contributed by atoms with Gasteiger partial charge in [-0.2, -0.15) is 0 Å². The summed E-state index contributed by atoms with van der Waals surface area (Å²) in [5.41, 5.74) is 6.04. The van der Waals surface area contributed by atoms with Gasteiger partial charge < -0.3 is 10.6 Å². The van der Waals surface area contributed by atoms with Crippen LogP contribution in [0.15, 0.2) is 18.2 Å². The van der Waals surface area contributed by atoms with Crippen LogP contribution in [0, 0.1) is 11.8 Å². The van der Waals surface area contributed by atoms with E-state index >= 15 is 0 Å². The van der Waals surface area contributed by atoms with Crippen molar-refractivity contribution in [2.75, 3.05) is 18.8 Å². The molecule has 4 nitrogen and oxygen atoms in total. The molecule has 17 heavy (non-hydrogen) atoms. The largest absolute Gasteiger partial charge is 0.384 e. The standard InChI is InChI=1S/C13H19N3O/c1-9-6-7-16(8-10(9)2)13(17)11-4-3-5-12(14)15-11/h3-5,9-10H,6-8H2,1-2H3,(H2,14,15). The van der Waals surface area contributed by atoms with Gasteiger partial charge in [0.1, 0.15) is 11.5 Å². The summed E-state index contributed by atoms with van der Waals surface area (Å²) < 4.78 is 0. The predicted octanol–water partition coefficient (Wildman–Crippen LogP) is 1.78. The fraction of sp³-hybridized carbons (Fsp3) is 0.538. The highest BCUT2D eigenvalue weighted by atomic mass is 16.2. The quantitative estimate of drug-likeness (QED) is 0.804. The molecule has 1 fully saturated rings. The Labute approximate surface area is 102 Å². The Morgan fingerprint density at radius 1 is 1.41 bits per heavy atom. The zero-order chi connectivity index (χ0) is 12.4. The second kappa shape index (κ2) is 4.73. The molecule has 2 N–H and O–H groups in total. The molecule has 0 saturated carbocycles. The maximum Gasteiger partial charge on any atom is 0.272 e.